The Bertz CT molecular complexity index is 236. The van der Waals surface area contributed by atoms with Gasteiger partial charge in [-0.05, 0) is 24.6 Å². The number of hydrogen-bond acceptors (Lipinski definition) is 2. The maximum Gasteiger partial charge on any atom is 0.0573 e. The lowest BCUT2D eigenvalue weighted by Crippen LogP contribution is -2.27. The van der Waals surface area contributed by atoms with Crippen molar-refractivity contribution < 1.29 is 0 Å². The molecule has 2 rings (SSSR count). The minimum Gasteiger partial charge on any atom is -0.284 e. The van der Waals surface area contributed by atoms with Crippen LogP contribution in [-0.4, -0.2) is 11.6 Å². The van der Waals surface area contributed by atoms with E-state index in [9.17, 15) is 0 Å². The molecule has 12 heavy (non-hydrogen) atoms. The zero-order chi connectivity index (χ0) is 8.97. The summed E-state index contributed by atoms with van der Waals surface area (Å²) >= 11 is 0. The molecule has 0 spiro atoms. The molecule has 0 saturated carbocycles. The summed E-state index contributed by atoms with van der Waals surface area (Å²) in [6.45, 7) is 7.07. The third kappa shape index (κ3) is 1.59. The summed E-state index contributed by atoms with van der Waals surface area (Å²) in [7, 11) is 0. The summed E-state index contributed by atoms with van der Waals surface area (Å²) < 4.78 is 0. The van der Waals surface area contributed by atoms with Crippen molar-refractivity contribution in [3.05, 3.63) is 35.7 Å². The molecule has 0 saturated heterocycles. The van der Waals surface area contributed by atoms with Crippen LogP contribution in [-0.2, 0) is 0 Å². The number of rotatable bonds is 0. The van der Waals surface area contributed by atoms with Crippen molar-refractivity contribution in [1.82, 2.24) is 10.4 Å². The summed E-state index contributed by atoms with van der Waals surface area (Å²) in [6.07, 6.45) is 8.39. The average Bonchev–Trinajstić information content (AvgIpc) is 2.57. The van der Waals surface area contributed by atoms with Gasteiger partial charge in [-0.3, -0.25) is 5.01 Å². The van der Waals surface area contributed by atoms with E-state index >= 15 is 0 Å². The zero-order valence-corrected chi connectivity index (χ0v) is 7.96. The van der Waals surface area contributed by atoms with Gasteiger partial charge in [-0.1, -0.05) is 19.9 Å². The maximum atomic E-state index is 3.20. The number of nitrogens with zero attached hydrogens (tertiary/aromatic N) is 1. The second-order valence-electron chi connectivity index (χ2n) is 2.51. The lowest BCUT2D eigenvalue weighted by molar-refractivity contribution is 0.390. The molecule has 0 aromatic carbocycles. The molecule has 66 valence electrons. The monoisotopic (exact) mass is 164 g/mol. The number of nitrogens with one attached hydrogen (secondary N) is 1. The third-order valence-electron chi connectivity index (χ3n) is 1.80. The normalized spacial score (nSPS) is 19.1. The standard InChI is InChI=1S/C8H10N2.C2H6/c1-7-3-2-6-10-8(7)4-5-9-10;1-2/h2-4,6,9H,5H2,1H3;1-2H3. The molecular weight excluding hydrogens is 148 g/mol. The number of hydrazine groups is 1. The van der Waals surface area contributed by atoms with Crippen LogP contribution in [0.5, 0.6) is 0 Å². The van der Waals surface area contributed by atoms with E-state index in [0.29, 0.717) is 0 Å². The number of hydrogen-bond donors (Lipinski definition) is 1. The molecule has 0 aromatic heterocycles. The Morgan fingerprint density at radius 1 is 1.42 bits per heavy atom. The lowest BCUT2D eigenvalue weighted by atomic mass is 10.1. The topological polar surface area (TPSA) is 15.3 Å². The maximum absolute atomic E-state index is 3.20. The van der Waals surface area contributed by atoms with Crippen LogP contribution >= 0.6 is 0 Å². The van der Waals surface area contributed by atoms with Gasteiger partial charge < -0.3 is 0 Å². The summed E-state index contributed by atoms with van der Waals surface area (Å²) in [5.41, 5.74) is 5.82. The van der Waals surface area contributed by atoms with E-state index in [1.807, 2.05) is 26.1 Å². The lowest BCUT2D eigenvalue weighted by Gasteiger charge is -2.20. The van der Waals surface area contributed by atoms with Crippen molar-refractivity contribution in [2.24, 2.45) is 0 Å². The van der Waals surface area contributed by atoms with E-state index in [1.54, 1.807) is 0 Å². The highest BCUT2D eigenvalue weighted by atomic mass is 15.5. The molecule has 2 heterocycles. The van der Waals surface area contributed by atoms with Crippen molar-refractivity contribution in [1.29, 1.82) is 0 Å². The predicted molar refractivity (Wildman–Crippen MR) is 52.2 cm³/mol. The average molecular weight is 164 g/mol. The Kier molecular flexibility index (Phi) is 3.11. The summed E-state index contributed by atoms with van der Waals surface area (Å²) in [5.74, 6) is 0. The second-order valence-corrected chi connectivity index (χ2v) is 2.51. The first-order valence-electron chi connectivity index (χ1n) is 4.46. The molecule has 0 unspecified atom stereocenters. The van der Waals surface area contributed by atoms with Gasteiger partial charge in [0.2, 0.25) is 0 Å². The number of fused-ring (bicyclic) bond motifs is 1. The molecule has 2 aliphatic heterocycles. The molecule has 0 bridgehead atoms. The van der Waals surface area contributed by atoms with Gasteiger partial charge >= 0.3 is 0 Å². The molecule has 0 fully saturated rings. The van der Waals surface area contributed by atoms with Crippen molar-refractivity contribution in [3.63, 3.8) is 0 Å². The van der Waals surface area contributed by atoms with Crippen LogP contribution in [0.25, 0.3) is 0 Å². The van der Waals surface area contributed by atoms with Crippen LogP contribution in [0.2, 0.25) is 0 Å². The smallest absolute Gasteiger partial charge is 0.0573 e. The molecule has 0 aromatic rings. The minimum atomic E-state index is 0.949. The molecule has 0 atom stereocenters. The predicted octanol–water partition coefficient (Wildman–Crippen LogP) is 2.19. The van der Waals surface area contributed by atoms with Gasteiger partial charge in [0.05, 0.1) is 5.70 Å². The Labute approximate surface area is 74.2 Å². The first-order chi connectivity index (χ1) is 5.88. The molecule has 1 N–H and O–H groups in total. The summed E-state index contributed by atoms with van der Waals surface area (Å²) in [6, 6.07) is 0. The molecule has 0 amide bonds. The van der Waals surface area contributed by atoms with Crippen LogP contribution in [0.4, 0.5) is 0 Å². The first-order valence-corrected chi connectivity index (χ1v) is 4.46. The fourth-order valence-electron chi connectivity index (χ4n) is 1.27. The Morgan fingerprint density at radius 2 is 2.17 bits per heavy atom. The Morgan fingerprint density at radius 3 is 2.83 bits per heavy atom. The second kappa shape index (κ2) is 4.12. The first kappa shape index (κ1) is 9.07. The van der Waals surface area contributed by atoms with Crippen LogP contribution in [0.1, 0.15) is 20.8 Å². The molecule has 2 nitrogen and oxygen atoms in total. The van der Waals surface area contributed by atoms with E-state index in [2.05, 4.69) is 29.5 Å². The molecule has 2 heteroatoms. The highest BCUT2D eigenvalue weighted by Gasteiger charge is 2.14. The largest absolute Gasteiger partial charge is 0.284 e. The fraction of sp³-hybridized carbons (Fsp3) is 0.400. The van der Waals surface area contributed by atoms with E-state index in [1.165, 1.54) is 11.3 Å². The SMILES string of the molecule is CC.CC1=CC=CN2NCC=C12. The van der Waals surface area contributed by atoms with Gasteiger partial charge in [0.1, 0.15) is 0 Å². The molecule has 0 aliphatic carbocycles. The number of allylic oxidation sites excluding steroid dienone is 3. The van der Waals surface area contributed by atoms with Gasteiger partial charge in [0.25, 0.3) is 0 Å². The van der Waals surface area contributed by atoms with Crippen LogP contribution in [0.3, 0.4) is 0 Å². The van der Waals surface area contributed by atoms with Crippen LogP contribution < -0.4 is 5.43 Å². The highest BCUT2D eigenvalue weighted by molar-refractivity contribution is 5.37. The summed E-state index contributed by atoms with van der Waals surface area (Å²) in [5, 5.41) is 2.05. The van der Waals surface area contributed by atoms with E-state index in [4.69, 9.17) is 0 Å². The van der Waals surface area contributed by atoms with Gasteiger partial charge in [-0.25, -0.2) is 5.43 Å². The Balaban J connectivity index is 0.000000336. The quantitative estimate of drug-likeness (QED) is 0.590. The molecule has 2 aliphatic rings. The zero-order valence-electron chi connectivity index (χ0n) is 7.96. The Hall–Kier alpha value is -1.02. The van der Waals surface area contributed by atoms with Crippen LogP contribution in [0.15, 0.2) is 35.7 Å². The van der Waals surface area contributed by atoms with E-state index < -0.39 is 0 Å². The van der Waals surface area contributed by atoms with Crippen molar-refractivity contribution in [2.75, 3.05) is 6.54 Å². The van der Waals surface area contributed by atoms with E-state index in [0.717, 1.165) is 6.54 Å². The minimum absolute atomic E-state index is 0.949. The van der Waals surface area contributed by atoms with Crippen molar-refractivity contribution in [2.45, 2.75) is 20.8 Å². The van der Waals surface area contributed by atoms with Crippen molar-refractivity contribution in [3.8, 4) is 0 Å². The van der Waals surface area contributed by atoms with Crippen LogP contribution in [0, 0.1) is 0 Å². The van der Waals surface area contributed by atoms with Gasteiger partial charge in [-0.2, -0.15) is 0 Å². The van der Waals surface area contributed by atoms with Gasteiger partial charge in [0.15, 0.2) is 0 Å². The summed E-state index contributed by atoms with van der Waals surface area (Å²) in [4.78, 5) is 0. The van der Waals surface area contributed by atoms with Gasteiger partial charge in [-0.15, -0.1) is 0 Å². The molecular formula is C10H16N2. The third-order valence-corrected chi connectivity index (χ3v) is 1.80. The van der Waals surface area contributed by atoms with Crippen molar-refractivity contribution >= 4 is 0 Å². The fourth-order valence-corrected chi connectivity index (χ4v) is 1.27. The van der Waals surface area contributed by atoms with Gasteiger partial charge in [0, 0.05) is 12.7 Å². The molecule has 0 radical (unpaired) electrons. The highest BCUT2D eigenvalue weighted by Crippen LogP contribution is 2.20. The van der Waals surface area contributed by atoms with E-state index in [-0.39, 0.29) is 0 Å².